The van der Waals surface area contributed by atoms with Crippen LogP contribution in [0.5, 0.6) is 5.75 Å². The highest BCUT2D eigenvalue weighted by atomic mass is 35.5. The Balaban J connectivity index is 1.55. The van der Waals surface area contributed by atoms with Crippen molar-refractivity contribution < 1.29 is 14.5 Å². The van der Waals surface area contributed by atoms with Crippen LogP contribution < -0.4 is 9.64 Å². The lowest BCUT2D eigenvalue weighted by Crippen LogP contribution is -2.27. The van der Waals surface area contributed by atoms with Crippen LogP contribution in [0.4, 0.5) is 11.4 Å². The number of para-hydroxylation sites is 1. The molecule has 0 saturated carbocycles. The van der Waals surface area contributed by atoms with Crippen molar-refractivity contribution in [2.45, 2.75) is 6.61 Å². The van der Waals surface area contributed by atoms with Crippen LogP contribution in [-0.2, 0) is 11.4 Å². The van der Waals surface area contributed by atoms with Crippen LogP contribution in [0.2, 0.25) is 5.02 Å². The predicted molar refractivity (Wildman–Crippen MR) is 131 cm³/mol. The summed E-state index contributed by atoms with van der Waals surface area (Å²) in [4.78, 5) is 25.2. The van der Waals surface area contributed by atoms with Gasteiger partial charge in [0.1, 0.15) is 12.4 Å². The van der Waals surface area contributed by atoms with E-state index >= 15 is 0 Å². The number of anilines is 1. The summed E-state index contributed by atoms with van der Waals surface area (Å²) in [6, 6.07) is 20.5. The molecule has 1 heterocycles. The van der Waals surface area contributed by atoms with Gasteiger partial charge in [0.05, 0.1) is 15.5 Å². The molecule has 1 fully saturated rings. The Hall–Kier alpha value is -3.20. The molecule has 0 atom stereocenters. The molecule has 0 N–H and O–H groups in total. The van der Waals surface area contributed by atoms with Gasteiger partial charge in [-0.2, -0.15) is 0 Å². The van der Waals surface area contributed by atoms with E-state index in [0.29, 0.717) is 32.3 Å². The minimum atomic E-state index is -0.491. The van der Waals surface area contributed by atoms with Crippen LogP contribution in [0.15, 0.2) is 77.7 Å². The fraction of sp³-hybridized carbons (Fsp3) is 0.0435. The van der Waals surface area contributed by atoms with Crippen molar-refractivity contribution in [3.05, 3.63) is 104 Å². The molecule has 0 radical (unpaired) electrons. The number of benzene rings is 3. The van der Waals surface area contributed by atoms with Crippen molar-refractivity contribution >= 4 is 63.3 Å². The predicted octanol–water partition coefficient (Wildman–Crippen LogP) is 6.23. The van der Waals surface area contributed by atoms with Gasteiger partial charge in [-0.3, -0.25) is 19.8 Å². The first-order valence-corrected chi connectivity index (χ1v) is 11.0. The Morgan fingerprint density at radius 3 is 2.44 bits per heavy atom. The van der Waals surface area contributed by atoms with Gasteiger partial charge in [0.15, 0.2) is 4.32 Å². The van der Waals surface area contributed by atoms with Gasteiger partial charge >= 0.3 is 0 Å². The number of carbonyl (C=O) groups excluding carboxylic acids is 1. The Kier molecular flexibility index (Phi) is 6.55. The standard InChI is InChI=1S/C23H15ClN2O4S2/c24-17-7-5-15(6-8-17)14-30-20-4-2-1-3-16(20)13-21-22(27)25(23(31)32-21)18-9-11-19(12-10-18)26(28)29/h1-13H,14H2/b21-13-. The van der Waals surface area contributed by atoms with Crippen molar-refractivity contribution in [2.75, 3.05) is 4.90 Å². The molecule has 0 unspecified atom stereocenters. The minimum Gasteiger partial charge on any atom is -0.488 e. The zero-order chi connectivity index (χ0) is 22.7. The van der Waals surface area contributed by atoms with Gasteiger partial charge < -0.3 is 4.74 Å². The van der Waals surface area contributed by atoms with E-state index < -0.39 is 4.92 Å². The third kappa shape index (κ3) is 4.83. The van der Waals surface area contributed by atoms with Crippen LogP contribution in [0, 0.1) is 10.1 Å². The maximum atomic E-state index is 13.0. The summed E-state index contributed by atoms with van der Waals surface area (Å²) in [5.74, 6) is 0.337. The number of rotatable bonds is 6. The largest absolute Gasteiger partial charge is 0.488 e. The van der Waals surface area contributed by atoms with Crippen LogP contribution in [0.1, 0.15) is 11.1 Å². The van der Waals surface area contributed by atoms with Crippen molar-refractivity contribution in [1.82, 2.24) is 0 Å². The number of nitro benzene ring substituents is 1. The maximum Gasteiger partial charge on any atom is 0.270 e. The topological polar surface area (TPSA) is 72.7 Å². The Morgan fingerprint density at radius 1 is 1.06 bits per heavy atom. The fourth-order valence-corrected chi connectivity index (χ4v) is 4.44. The number of nitro groups is 1. The number of halogens is 1. The number of thioether (sulfide) groups is 1. The number of carbonyl (C=O) groups is 1. The first-order valence-electron chi connectivity index (χ1n) is 9.41. The molecule has 3 aromatic carbocycles. The SMILES string of the molecule is O=C1/C(=C/c2ccccc2OCc2ccc(Cl)cc2)SC(=S)N1c1ccc([N+](=O)[O-])cc1. The second-order valence-electron chi connectivity index (χ2n) is 6.74. The lowest BCUT2D eigenvalue weighted by atomic mass is 10.1. The number of hydrogen-bond donors (Lipinski definition) is 0. The quantitative estimate of drug-likeness (QED) is 0.179. The summed E-state index contributed by atoms with van der Waals surface area (Å²) in [5.41, 5.74) is 2.13. The lowest BCUT2D eigenvalue weighted by molar-refractivity contribution is -0.384. The summed E-state index contributed by atoms with van der Waals surface area (Å²) in [6.07, 6.45) is 1.74. The molecule has 4 rings (SSSR count). The van der Waals surface area contributed by atoms with Crippen molar-refractivity contribution in [2.24, 2.45) is 0 Å². The molecule has 0 bridgehead atoms. The highest BCUT2D eigenvalue weighted by Gasteiger charge is 2.33. The summed E-state index contributed by atoms with van der Waals surface area (Å²) >= 11 is 12.5. The Labute approximate surface area is 198 Å². The van der Waals surface area contributed by atoms with E-state index in [0.717, 1.165) is 11.1 Å². The maximum absolute atomic E-state index is 13.0. The van der Waals surface area contributed by atoms with Crippen LogP contribution in [-0.4, -0.2) is 15.2 Å². The molecule has 1 amide bonds. The molecular formula is C23H15ClN2O4S2. The van der Waals surface area contributed by atoms with Gasteiger partial charge in [-0.05, 0) is 42.0 Å². The van der Waals surface area contributed by atoms with Crippen LogP contribution in [0.25, 0.3) is 6.08 Å². The molecule has 160 valence electrons. The third-order valence-electron chi connectivity index (χ3n) is 4.63. The fourth-order valence-electron chi connectivity index (χ4n) is 3.03. The number of ether oxygens (including phenoxy) is 1. The molecule has 1 aliphatic rings. The van der Waals surface area contributed by atoms with E-state index in [1.54, 1.807) is 18.2 Å². The first kappa shape index (κ1) is 22.0. The van der Waals surface area contributed by atoms with Gasteiger partial charge in [0.25, 0.3) is 11.6 Å². The van der Waals surface area contributed by atoms with E-state index in [1.807, 2.05) is 36.4 Å². The summed E-state index contributed by atoms with van der Waals surface area (Å²) < 4.78 is 6.32. The van der Waals surface area contributed by atoms with Crippen molar-refractivity contribution in [3.8, 4) is 5.75 Å². The Morgan fingerprint density at radius 2 is 1.75 bits per heavy atom. The van der Waals surface area contributed by atoms with Crippen molar-refractivity contribution in [3.63, 3.8) is 0 Å². The first-order chi connectivity index (χ1) is 15.4. The van der Waals surface area contributed by atoms with E-state index in [1.165, 1.54) is 40.9 Å². The molecule has 3 aromatic rings. The molecular weight excluding hydrogens is 468 g/mol. The van der Waals surface area contributed by atoms with Crippen LogP contribution >= 0.6 is 35.6 Å². The van der Waals surface area contributed by atoms with Gasteiger partial charge in [-0.25, -0.2) is 0 Å². The van der Waals surface area contributed by atoms with Gasteiger partial charge in [0.2, 0.25) is 0 Å². The van der Waals surface area contributed by atoms with Gasteiger partial charge in [0, 0.05) is 22.7 Å². The monoisotopic (exact) mass is 482 g/mol. The van der Waals surface area contributed by atoms with E-state index in [4.69, 9.17) is 28.6 Å². The summed E-state index contributed by atoms with van der Waals surface area (Å²) in [6.45, 7) is 0.353. The van der Waals surface area contributed by atoms with E-state index in [2.05, 4.69) is 0 Å². The van der Waals surface area contributed by atoms with Gasteiger partial charge in [-0.15, -0.1) is 0 Å². The molecule has 9 heteroatoms. The van der Waals surface area contributed by atoms with E-state index in [9.17, 15) is 14.9 Å². The Bertz CT molecular complexity index is 1230. The van der Waals surface area contributed by atoms with Crippen LogP contribution in [0.3, 0.4) is 0 Å². The average molecular weight is 483 g/mol. The average Bonchev–Trinajstić information content (AvgIpc) is 3.07. The number of thiocarbonyl (C=S) groups is 1. The molecule has 1 saturated heterocycles. The molecule has 0 aliphatic carbocycles. The number of amides is 1. The molecule has 0 aromatic heterocycles. The highest BCUT2D eigenvalue weighted by molar-refractivity contribution is 8.27. The normalized spacial score (nSPS) is 14.8. The molecule has 1 aliphatic heterocycles. The third-order valence-corrected chi connectivity index (χ3v) is 6.18. The summed E-state index contributed by atoms with van der Waals surface area (Å²) in [7, 11) is 0. The number of non-ortho nitro benzene ring substituents is 1. The van der Waals surface area contributed by atoms with Gasteiger partial charge in [-0.1, -0.05) is 65.9 Å². The summed E-state index contributed by atoms with van der Waals surface area (Å²) in [5, 5.41) is 11.5. The lowest BCUT2D eigenvalue weighted by Gasteiger charge is -2.14. The zero-order valence-corrected chi connectivity index (χ0v) is 18.8. The minimum absolute atomic E-state index is 0.0542. The second kappa shape index (κ2) is 9.52. The molecule has 6 nitrogen and oxygen atoms in total. The number of hydrogen-bond acceptors (Lipinski definition) is 6. The molecule has 32 heavy (non-hydrogen) atoms. The smallest absolute Gasteiger partial charge is 0.270 e. The zero-order valence-electron chi connectivity index (χ0n) is 16.4. The molecule has 0 spiro atoms. The van der Waals surface area contributed by atoms with E-state index in [-0.39, 0.29) is 11.6 Å². The second-order valence-corrected chi connectivity index (χ2v) is 8.86. The highest BCUT2D eigenvalue weighted by Crippen LogP contribution is 2.37. The number of nitrogens with zero attached hydrogens (tertiary/aromatic N) is 2. The van der Waals surface area contributed by atoms with Crippen molar-refractivity contribution in [1.29, 1.82) is 0 Å².